The minimum absolute atomic E-state index is 0.0119. The standard InChI is InChI=1S/C9H10O4/c1-5(10)9(6(2)11)4-3-7(12)8(9)13/h3-4H2,1-2H3. The van der Waals surface area contributed by atoms with E-state index in [0.717, 1.165) is 0 Å². The van der Waals surface area contributed by atoms with Gasteiger partial charge in [-0.15, -0.1) is 0 Å². The number of ketones is 4. The van der Waals surface area contributed by atoms with Gasteiger partial charge in [0.2, 0.25) is 5.78 Å². The number of Topliss-reactive ketones (excluding diaryl/α,β-unsaturated/α-hetero) is 4. The molecule has 0 bridgehead atoms. The van der Waals surface area contributed by atoms with E-state index in [1.54, 1.807) is 0 Å². The van der Waals surface area contributed by atoms with Gasteiger partial charge in [0.1, 0.15) is 0 Å². The molecule has 1 aliphatic carbocycles. The van der Waals surface area contributed by atoms with Gasteiger partial charge in [0.05, 0.1) is 0 Å². The Kier molecular flexibility index (Phi) is 2.15. The molecule has 0 aliphatic heterocycles. The summed E-state index contributed by atoms with van der Waals surface area (Å²) in [7, 11) is 0. The van der Waals surface area contributed by atoms with E-state index in [1.165, 1.54) is 13.8 Å². The Bertz CT molecular complexity index is 300. The highest BCUT2D eigenvalue weighted by molar-refractivity contribution is 6.50. The summed E-state index contributed by atoms with van der Waals surface area (Å²) < 4.78 is 0. The zero-order valence-electron chi connectivity index (χ0n) is 7.55. The van der Waals surface area contributed by atoms with Gasteiger partial charge in [-0.05, 0) is 20.3 Å². The van der Waals surface area contributed by atoms with E-state index in [9.17, 15) is 19.2 Å². The van der Waals surface area contributed by atoms with Crippen LogP contribution < -0.4 is 0 Å². The lowest BCUT2D eigenvalue weighted by atomic mass is 9.78. The third-order valence-electron chi connectivity index (χ3n) is 2.57. The maximum atomic E-state index is 11.3. The van der Waals surface area contributed by atoms with Crippen molar-refractivity contribution in [2.45, 2.75) is 26.7 Å². The van der Waals surface area contributed by atoms with Crippen LogP contribution in [0.3, 0.4) is 0 Å². The molecule has 1 aliphatic rings. The zero-order valence-corrected chi connectivity index (χ0v) is 7.55. The third-order valence-corrected chi connectivity index (χ3v) is 2.57. The first-order valence-electron chi connectivity index (χ1n) is 4.02. The second kappa shape index (κ2) is 2.87. The monoisotopic (exact) mass is 182 g/mol. The summed E-state index contributed by atoms with van der Waals surface area (Å²) in [6.07, 6.45) is 0.0628. The van der Waals surface area contributed by atoms with Crippen LogP contribution in [0.1, 0.15) is 26.7 Å². The molecule has 0 heterocycles. The first-order chi connectivity index (χ1) is 5.93. The molecule has 0 saturated heterocycles. The van der Waals surface area contributed by atoms with Gasteiger partial charge < -0.3 is 0 Å². The lowest BCUT2D eigenvalue weighted by Gasteiger charge is -2.18. The fourth-order valence-electron chi connectivity index (χ4n) is 1.69. The zero-order chi connectivity index (χ0) is 10.2. The lowest BCUT2D eigenvalue weighted by molar-refractivity contribution is -0.148. The topological polar surface area (TPSA) is 68.3 Å². The van der Waals surface area contributed by atoms with E-state index in [1.807, 2.05) is 0 Å². The second-order valence-corrected chi connectivity index (χ2v) is 3.27. The molecule has 0 atom stereocenters. The van der Waals surface area contributed by atoms with Crippen LogP contribution in [0.4, 0.5) is 0 Å². The molecule has 1 rings (SSSR count). The molecule has 0 aromatic rings. The van der Waals surface area contributed by atoms with E-state index < -0.39 is 28.5 Å². The third kappa shape index (κ3) is 1.13. The fraction of sp³-hybridized carbons (Fsp3) is 0.556. The van der Waals surface area contributed by atoms with Crippen LogP contribution in [0.15, 0.2) is 0 Å². The Morgan fingerprint density at radius 3 is 1.77 bits per heavy atom. The number of rotatable bonds is 2. The van der Waals surface area contributed by atoms with Crippen molar-refractivity contribution in [1.29, 1.82) is 0 Å². The molecule has 1 fully saturated rings. The van der Waals surface area contributed by atoms with Crippen molar-refractivity contribution in [1.82, 2.24) is 0 Å². The maximum Gasteiger partial charge on any atom is 0.219 e. The van der Waals surface area contributed by atoms with E-state index in [0.29, 0.717) is 0 Å². The number of hydrogen-bond acceptors (Lipinski definition) is 4. The van der Waals surface area contributed by atoms with Crippen molar-refractivity contribution in [3.8, 4) is 0 Å². The molecule has 0 aromatic heterocycles. The molecule has 0 amide bonds. The summed E-state index contributed by atoms with van der Waals surface area (Å²) in [5, 5.41) is 0. The Morgan fingerprint density at radius 2 is 1.62 bits per heavy atom. The smallest absolute Gasteiger partial charge is 0.219 e. The molecule has 4 heteroatoms. The summed E-state index contributed by atoms with van der Waals surface area (Å²) in [5.41, 5.74) is -1.64. The van der Waals surface area contributed by atoms with Gasteiger partial charge in [-0.3, -0.25) is 19.2 Å². The van der Waals surface area contributed by atoms with Gasteiger partial charge in [0.15, 0.2) is 22.8 Å². The summed E-state index contributed by atoms with van der Waals surface area (Å²) in [6.45, 7) is 2.36. The van der Waals surface area contributed by atoms with Gasteiger partial charge in [-0.25, -0.2) is 0 Å². The Hall–Kier alpha value is -1.32. The molecule has 0 unspecified atom stereocenters. The lowest BCUT2D eigenvalue weighted by Crippen LogP contribution is -2.42. The molecule has 4 nitrogen and oxygen atoms in total. The number of carbonyl (C=O) groups excluding carboxylic acids is 4. The SMILES string of the molecule is CC(=O)C1(C(C)=O)CCC(=O)C1=O. The number of hydrogen-bond donors (Lipinski definition) is 0. The highest BCUT2D eigenvalue weighted by Gasteiger charge is 2.54. The molecule has 0 radical (unpaired) electrons. The van der Waals surface area contributed by atoms with E-state index in [4.69, 9.17) is 0 Å². The fourth-order valence-corrected chi connectivity index (χ4v) is 1.69. The molecule has 0 spiro atoms. The minimum atomic E-state index is -1.64. The normalized spacial score (nSPS) is 20.5. The van der Waals surface area contributed by atoms with Crippen LogP contribution in [0, 0.1) is 5.41 Å². The summed E-state index contributed by atoms with van der Waals surface area (Å²) in [4.78, 5) is 44.6. The van der Waals surface area contributed by atoms with Crippen LogP contribution in [0.2, 0.25) is 0 Å². The van der Waals surface area contributed by atoms with Crippen LogP contribution in [-0.4, -0.2) is 23.1 Å². The van der Waals surface area contributed by atoms with Gasteiger partial charge in [0.25, 0.3) is 0 Å². The minimum Gasteiger partial charge on any atom is -0.298 e. The molecule has 70 valence electrons. The molecule has 13 heavy (non-hydrogen) atoms. The van der Waals surface area contributed by atoms with Crippen LogP contribution in [-0.2, 0) is 19.2 Å². The molecular weight excluding hydrogens is 172 g/mol. The van der Waals surface area contributed by atoms with E-state index in [2.05, 4.69) is 0 Å². The molecule has 1 saturated carbocycles. The van der Waals surface area contributed by atoms with E-state index >= 15 is 0 Å². The summed E-state index contributed by atoms with van der Waals surface area (Å²) >= 11 is 0. The quantitative estimate of drug-likeness (QED) is 0.448. The molecule has 0 aromatic carbocycles. The van der Waals surface area contributed by atoms with Gasteiger partial charge in [-0.1, -0.05) is 0 Å². The first kappa shape index (κ1) is 9.77. The average Bonchev–Trinajstić information content (AvgIpc) is 2.30. The van der Waals surface area contributed by atoms with Gasteiger partial charge in [-0.2, -0.15) is 0 Å². The molecular formula is C9H10O4. The van der Waals surface area contributed by atoms with Crippen molar-refractivity contribution in [2.24, 2.45) is 5.41 Å². The Labute approximate surface area is 75.3 Å². The number of carbonyl (C=O) groups is 4. The van der Waals surface area contributed by atoms with Crippen LogP contribution >= 0.6 is 0 Å². The average molecular weight is 182 g/mol. The van der Waals surface area contributed by atoms with Crippen molar-refractivity contribution >= 4 is 23.1 Å². The Morgan fingerprint density at radius 1 is 1.15 bits per heavy atom. The van der Waals surface area contributed by atoms with Crippen molar-refractivity contribution in [3.05, 3.63) is 0 Å². The summed E-state index contributed by atoms with van der Waals surface area (Å²) in [6, 6.07) is 0. The van der Waals surface area contributed by atoms with Crippen molar-refractivity contribution in [2.75, 3.05) is 0 Å². The molecule has 0 N–H and O–H groups in total. The first-order valence-corrected chi connectivity index (χ1v) is 4.02. The van der Waals surface area contributed by atoms with Crippen molar-refractivity contribution in [3.63, 3.8) is 0 Å². The van der Waals surface area contributed by atoms with Gasteiger partial charge >= 0.3 is 0 Å². The van der Waals surface area contributed by atoms with E-state index in [-0.39, 0.29) is 12.8 Å². The summed E-state index contributed by atoms with van der Waals surface area (Å²) in [5.74, 6) is -2.47. The maximum absolute atomic E-state index is 11.3. The predicted molar refractivity (Wildman–Crippen MR) is 43.0 cm³/mol. The largest absolute Gasteiger partial charge is 0.298 e. The van der Waals surface area contributed by atoms with Crippen LogP contribution in [0.25, 0.3) is 0 Å². The Balaban J connectivity index is 3.22. The highest BCUT2D eigenvalue weighted by Crippen LogP contribution is 2.34. The van der Waals surface area contributed by atoms with Crippen LogP contribution in [0.5, 0.6) is 0 Å². The predicted octanol–water partition coefficient (Wildman–Crippen LogP) is 0.0828. The van der Waals surface area contributed by atoms with Crippen molar-refractivity contribution < 1.29 is 19.2 Å². The van der Waals surface area contributed by atoms with Gasteiger partial charge in [0, 0.05) is 6.42 Å². The highest BCUT2D eigenvalue weighted by atomic mass is 16.2. The second-order valence-electron chi connectivity index (χ2n) is 3.27.